The number of nitrogens with one attached hydrogen (secondary N) is 5. The molecule has 0 bridgehead atoms. The van der Waals surface area contributed by atoms with Crippen LogP contribution >= 0.6 is 0 Å². The molecule has 1 rings (SSSR count). The van der Waals surface area contributed by atoms with Crippen molar-refractivity contribution in [2.24, 2.45) is 0 Å². The maximum atomic E-state index is 13.2. The van der Waals surface area contributed by atoms with Crippen LogP contribution in [-0.2, 0) is 59.1 Å². The van der Waals surface area contributed by atoms with E-state index in [0.717, 1.165) is 12.0 Å². The van der Waals surface area contributed by atoms with Crippen LogP contribution in [0, 0.1) is 0 Å². The summed E-state index contributed by atoms with van der Waals surface area (Å²) in [5.74, 6) is -2.89. The van der Waals surface area contributed by atoms with Crippen molar-refractivity contribution in [2.45, 2.75) is 220 Å². The van der Waals surface area contributed by atoms with Gasteiger partial charge in [0.1, 0.15) is 47.1 Å². The van der Waals surface area contributed by atoms with E-state index in [2.05, 4.69) is 26.6 Å². The molecule has 5 N–H and O–H groups in total. The van der Waals surface area contributed by atoms with Gasteiger partial charge in [-0.25, -0.2) is 24.0 Å². The molecule has 18 nitrogen and oxygen atoms in total. The number of alkyl carbamates (subject to hydrolysis) is 1. The Labute approximate surface area is 404 Å². The van der Waals surface area contributed by atoms with Gasteiger partial charge in [-0.15, -0.1) is 0 Å². The molecule has 0 saturated carbocycles. The number of carbonyl (C=O) groups is 8. The number of amides is 5. The van der Waals surface area contributed by atoms with Gasteiger partial charge in [-0.1, -0.05) is 43.2 Å². The first kappa shape index (κ1) is 60.6. The number of hydrogen-bond donors (Lipinski definition) is 5. The van der Waals surface area contributed by atoms with Gasteiger partial charge in [0.05, 0.1) is 0 Å². The van der Waals surface area contributed by atoms with E-state index in [0.29, 0.717) is 70.9 Å². The van der Waals surface area contributed by atoms with Crippen molar-refractivity contribution in [3.05, 3.63) is 35.9 Å². The van der Waals surface area contributed by atoms with Crippen LogP contribution in [0.15, 0.2) is 30.3 Å². The van der Waals surface area contributed by atoms with Crippen LogP contribution in [-0.4, -0.2) is 101 Å². The highest BCUT2D eigenvalue weighted by molar-refractivity contribution is 5.88. The SMILES string of the molecule is CC(C)(C)OC(=O)CC[C@H](NC(=O)N[C@@H](CCCCNC(=O)CCCCCCC(=O)N[C@H](CCCCNC(=O)OCc1ccccc1)C(=O)OC(C)(C)C)C(=O)OC(C)(C)C)C(=O)OC(C)(C)C. The van der Waals surface area contributed by atoms with Crippen LogP contribution in [0.3, 0.4) is 0 Å². The molecular weight excluding hydrogens is 879 g/mol. The Morgan fingerprint density at radius 1 is 0.456 bits per heavy atom. The summed E-state index contributed by atoms with van der Waals surface area (Å²) < 4.78 is 27.2. The zero-order valence-electron chi connectivity index (χ0n) is 42.9. The molecule has 0 aliphatic rings. The van der Waals surface area contributed by atoms with Crippen molar-refractivity contribution in [3.63, 3.8) is 0 Å². The van der Waals surface area contributed by atoms with Gasteiger partial charge in [-0.2, -0.15) is 0 Å². The highest BCUT2D eigenvalue weighted by Crippen LogP contribution is 2.16. The second-order valence-corrected chi connectivity index (χ2v) is 20.8. The minimum absolute atomic E-state index is 0.0943. The van der Waals surface area contributed by atoms with Crippen molar-refractivity contribution in [3.8, 4) is 0 Å². The molecule has 1 aromatic carbocycles. The van der Waals surface area contributed by atoms with Crippen LogP contribution in [0.2, 0.25) is 0 Å². The Morgan fingerprint density at radius 3 is 1.35 bits per heavy atom. The van der Waals surface area contributed by atoms with Gasteiger partial charge in [0.15, 0.2) is 0 Å². The van der Waals surface area contributed by atoms with Crippen LogP contribution < -0.4 is 26.6 Å². The topological polar surface area (TPSA) is 243 Å². The number of rotatable bonds is 28. The number of ether oxygens (including phenoxy) is 5. The average molecular weight is 962 g/mol. The fourth-order valence-corrected chi connectivity index (χ4v) is 6.30. The smallest absolute Gasteiger partial charge is 0.407 e. The van der Waals surface area contributed by atoms with Gasteiger partial charge in [0.25, 0.3) is 0 Å². The van der Waals surface area contributed by atoms with E-state index in [9.17, 15) is 38.4 Å². The minimum atomic E-state index is -1.21. The summed E-state index contributed by atoms with van der Waals surface area (Å²) in [5.41, 5.74) is -2.29. The molecule has 0 aliphatic heterocycles. The second-order valence-electron chi connectivity index (χ2n) is 20.8. The standard InChI is InChI=1S/C50H83N5O13/c1-47(2,3)65-41(58)31-30-38(44(61)68-50(10,11)12)55-45(62)54-37(43(60)67-49(7,8)9)27-20-22-32-51-39(56)28-18-13-14-19-29-40(57)53-36(42(59)66-48(4,5)6)26-21-23-33-52-46(63)64-34-35-24-16-15-17-25-35/h15-17,24-25,36-38H,13-14,18-23,26-34H2,1-12H3,(H,51,56)(H,52,63)(H,53,57)(H2,54,55,62)/t36-,37+,38+/m1/s1. The lowest BCUT2D eigenvalue weighted by atomic mass is 10.1. The molecule has 386 valence electrons. The number of carbonyl (C=O) groups excluding carboxylic acids is 8. The summed E-state index contributed by atoms with van der Waals surface area (Å²) in [5, 5.41) is 13.6. The molecule has 5 amide bonds. The molecule has 0 radical (unpaired) electrons. The summed E-state index contributed by atoms with van der Waals surface area (Å²) in [6, 6.07) is 5.41. The Hall–Kier alpha value is -5.42. The van der Waals surface area contributed by atoms with Crippen LogP contribution in [0.5, 0.6) is 0 Å². The molecular formula is C50H83N5O13. The Balaban J connectivity index is 2.53. The van der Waals surface area contributed by atoms with Gasteiger partial charge in [0.2, 0.25) is 11.8 Å². The molecule has 1 aromatic rings. The van der Waals surface area contributed by atoms with E-state index in [4.69, 9.17) is 23.7 Å². The van der Waals surface area contributed by atoms with Crippen molar-refractivity contribution in [2.75, 3.05) is 13.1 Å². The van der Waals surface area contributed by atoms with Crippen molar-refractivity contribution in [1.29, 1.82) is 0 Å². The summed E-state index contributed by atoms with van der Waals surface area (Å²) in [6.07, 6.45) is 4.91. The predicted molar refractivity (Wildman–Crippen MR) is 257 cm³/mol. The van der Waals surface area contributed by atoms with Crippen molar-refractivity contribution >= 4 is 47.8 Å². The molecule has 0 spiro atoms. The molecule has 0 unspecified atom stereocenters. The first-order valence-electron chi connectivity index (χ1n) is 24.0. The average Bonchev–Trinajstić information content (AvgIpc) is 3.19. The van der Waals surface area contributed by atoms with E-state index in [1.165, 1.54) is 0 Å². The molecule has 3 atom stereocenters. The van der Waals surface area contributed by atoms with E-state index in [1.807, 2.05) is 30.3 Å². The molecule has 0 heterocycles. The zero-order valence-corrected chi connectivity index (χ0v) is 42.9. The van der Waals surface area contributed by atoms with Crippen molar-refractivity contribution in [1.82, 2.24) is 26.6 Å². The Kier molecular flexibility index (Phi) is 26.9. The first-order valence-corrected chi connectivity index (χ1v) is 24.0. The maximum Gasteiger partial charge on any atom is 0.407 e. The zero-order chi connectivity index (χ0) is 51.6. The Morgan fingerprint density at radius 2 is 0.882 bits per heavy atom. The second kappa shape index (κ2) is 30.1. The monoisotopic (exact) mass is 962 g/mol. The molecule has 0 saturated heterocycles. The third kappa shape index (κ3) is 32.3. The number of esters is 4. The van der Waals surface area contributed by atoms with Gasteiger partial charge in [-0.05, 0) is 146 Å². The highest BCUT2D eigenvalue weighted by atomic mass is 16.6. The van der Waals surface area contributed by atoms with Gasteiger partial charge in [-0.3, -0.25) is 14.4 Å². The van der Waals surface area contributed by atoms with Gasteiger partial charge in [0, 0.05) is 32.4 Å². The summed E-state index contributed by atoms with van der Waals surface area (Å²) in [7, 11) is 0. The summed E-state index contributed by atoms with van der Waals surface area (Å²) in [4.78, 5) is 102. The summed E-state index contributed by atoms with van der Waals surface area (Å²) in [6.45, 7) is 21.4. The number of hydrogen-bond acceptors (Lipinski definition) is 13. The molecule has 68 heavy (non-hydrogen) atoms. The van der Waals surface area contributed by atoms with Gasteiger partial charge >= 0.3 is 36.0 Å². The third-order valence-electron chi connectivity index (χ3n) is 9.28. The lowest BCUT2D eigenvalue weighted by molar-refractivity contribution is -0.160. The van der Waals surface area contributed by atoms with Crippen LogP contribution in [0.25, 0.3) is 0 Å². The number of urea groups is 1. The Bertz CT molecular complexity index is 1740. The maximum absolute atomic E-state index is 13.2. The van der Waals surface area contributed by atoms with Gasteiger partial charge < -0.3 is 50.3 Å². The quantitative estimate of drug-likeness (QED) is 0.0313. The molecule has 0 aromatic heterocycles. The fourth-order valence-electron chi connectivity index (χ4n) is 6.30. The molecule has 0 fully saturated rings. The largest absolute Gasteiger partial charge is 0.460 e. The number of unbranched alkanes of at least 4 members (excludes halogenated alkanes) is 5. The third-order valence-corrected chi connectivity index (χ3v) is 9.28. The minimum Gasteiger partial charge on any atom is -0.460 e. The lowest BCUT2D eigenvalue weighted by Gasteiger charge is -2.27. The molecule has 0 aliphatic carbocycles. The molecule has 18 heteroatoms. The van der Waals surface area contributed by atoms with Crippen LogP contribution in [0.1, 0.15) is 179 Å². The van der Waals surface area contributed by atoms with E-state index in [1.54, 1.807) is 83.1 Å². The summed E-state index contributed by atoms with van der Waals surface area (Å²) >= 11 is 0. The predicted octanol–water partition coefficient (Wildman–Crippen LogP) is 7.38. The normalized spacial score (nSPS) is 13.1. The fraction of sp³-hybridized carbons (Fsp3) is 0.720. The highest BCUT2D eigenvalue weighted by Gasteiger charge is 2.32. The van der Waals surface area contributed by atoms with Crippen LogP contribution in [0.4, 0.5) is 9.59 Å². The van der Waals surface area contributed by atoms with E-state index < -0.39 is 76.5 Å². The number of benzene rings is 1. The lowest BCUT2D eigenvalue weighted by Crippen LogP contribution is -2.53. The van der Waals surface area contributed by atoms with E-state index >= 15 is 0 Å². The first-order chi connectivity index (χ1) is 31.5. The van der Waals surface area contributed by atoms with E-state index in [-0.39, 0.29) is 44.1 Å². The van der Waals surface area contributed by atoms with Crippen molar-refractivity contribution < 1.29 is 62.0 Å².